The molecule has 0 rings (SSSR count). The number of carbonyl (C=O) groups excluding carboxylic acids is 1. The van der Waals surface area contributed by atoms with Crippen LogP contribution in [-0.2, 0) is 9.22 Å². The Morgan fingerprint density at radius 2 is 1.88 bits per heavy atom. The Balaban J connectivity index is 4.86. The molecule has 2 atom stereocenters. The van der Waals surface area contributed by atoms with Gasteiger partial charge in [0, 0.05) is 6.42 Å². The van der Waals surface area contributed by atoms with Crippen LogP contribution in [0.25, 0.3) is 0 Å². The largest absolute Gasteiger partial charge is 0.413 e. The van der Waals surface area contributed by atoms with Crippen LogP contribution in [0.3, 0.4) is 0 Å². The number of carbonyl (C=O) groups is 1. The first kappa shape index (κ1) is 16.6. The van der Waals surface area contributed by atoms with Crippen molar-refractivity contribution in [3.63, 3.8) is 0 Å². The van der Waals surface area contributed by atoms with Gasteiger partial charge in [-0.05, 0) is 31.0 Å². The Bertz CT molecular complexity index is 276. The predicted octanol–water partition coefficient (Wildman–Crippen LogP) is 4.18. The molecule has 0 radical (unpaired) electrons. The maximum Gasteiger partial charge on any atom is 0.192 e. The van der Waals surface area contributed by atoms with E-state index in [9.17, 15) is 4.79 Å². The minimum absolute atomic E-state index is 0.0223. The highest BCUT2D eigenvalue weighted by atomic mass is 28.4. The second kappa shape index (κ2) is 5.96. The fourth-order valence-electron chi connectivity index (χ4n) is 1.33. The Morgan fingerprint density at radius 3 is 2.18 bits per heavy atom. The second-order valence-electron chi connectivity index (χ2n) is 6.42. The third kappa shape index (κ3) is 5.17. The number of ketones is 1. The molecule has 0 saturated carbocycles. The lowest BCUT2D eigenvalue weighted by molar-refractivity contribution is -0.119. The smallest absolute Gasteiger partial charge is 0.192 e. The molecule has 0 aromatic rings. The van der Waals surface area contributed by atoms with Gasteiger partial charge in [-0.2, -0.15) is 0 Å². The molecule has 0 aliphatic carbocycles. The van der Waals surface area contributed by atoms with Gasteiger partial charge in [0.05, 0.1) is 6.10 Å². The first-order valence-electron chi connectivity index (χ1n) is 6.31. The summed E-state index contributed by atoms with van der Waals surface area (Å²) in [4.78, 5) is 11.3. The second-order valence-corrected chi connectivity index (χ2v) is 11.2. The first-order chi connectivity index (χ1) is 7.51. The summed E-state index contributed by atoms with van der Waals surface area (Å²) in [5.74, 6) is 0.399. The van der Waals surface area contributed by atoms with Crippen molar-refractivity contribution >= 4 is 14.1 Å². The van der Waals surface area contributed by atoms with Gasteiger partial charge in [0.2, 0.25) is 0 Å². The molecule has 0 heterocycles. The van der Waals surface area contributed by atoms with Gasteiger partial charge in [0.1, 0.15) is 5.78 Å². The van der Waals surface area contributed by atoms with Gasteiger partial charge in [-0.25, -0.2) is 0 Å². The molecule has 2 nitrogen and oxygen atoms in total. The molecule has 100 valence electrons. The van der Waals surface area contributed by atoms with E-state index in [0.717, 1.165) is 0 Å². The first-order valence-corrected chi connectivity index (χ1v) is 9.22. The van der Waals surface area contributed by atoms with Crippen LogP contribution in [0.5, 0.6) is 0 Å². The van der Waals surface area contributed by atoms with Gasteiger partial charge in [-0.15, -0.1) is 6.58 Å². The van der Waals surface area contributed by atoms with Crippen molar-refractivity contribution in [1.29, 1.82) is 0 Å². The molecule has 0 unspecified atom stereocenters. The minimum atomic E-state index is -1.81. The van der Waals surface area contributed by atoms with Crippen LogP contribution < -0.4 is 0 Å². The van der Waals surface area contributed by atoms with E-state index in [-0.39, 0.29) is 22.8 Å². The Morgan fingerprint density at radius 1 is 1.41 bits per heavy atom. The highest BCUT2D eigenvalue weighted by molar-refractivity contribution is 6.74. The monoisotopic (exact) mass is 256 g/mol. The Hall–Kier alpha value is -0.413. The molecule has 0 amide bonds. The normalized spacial score (nSPS) is 16.4. The molecule has 0 fully saturated rings. The van der Waals surface area contributed by atoms with Gasteiger partial charge in [-0.1, -0.05) is 33.8 Å². The van der Waals surface area contributed by atoms with E-state index in [1.807, 2.05) is 6.08 Å². The highest BCUT2D eigenvalue weighted by Gasteiger charge is 2.40. The van der Waals surface area contributed by atoms with Gasteiger partial charge in [0.25, 0.3) is 0 Å². The lowest BCUT2D eigenvalue weighted by Crippen LogP contribution is -2.45. The number of rotatable bonds is 6. The van der Waals surface area contributed by atoms with E-state index in [1.54, 1.807) is 6.92 Å². The molecule has 0 N–H and O–H groups in total. The lowest BCUT2D eigenvalue weighted by Gasteiger charge is -2.40. The number of Topliss-reactive ketones (excluding diaryl/α,β-unsaturated/α-hetero) is 1. The topological polar surface area (TPSA) is 26.3 Å². The van der Waals surface area contributed by atoms with Crippen molar-refractivity contribution in [2.75, 3.05) is 0 Å². The SMILES string of the molecule is C=C[C@H](C)[C@@H](CC(C)=O)O[Si](C)(C)C(C)(C)C. The summed E-state index contributed by atoms with van der Waals surface area (Å²) in [5.41, 5.74) is 0. The van der Waals surface area contributed by atoms with Crippen molar-refractivity contribution in [2.24, 2.45) is 5.92 Å². The van der Waals surface area contributed by atoms with Crippen LogP contribution in [0.15, 0.2) is 12.7 Å². The van der Waals surface area contributed by atoms with E-state index < -0.39 is 8.32 Å². The van der Waals surface area contributed by atoms with Crippen LogP contribution in [0.4, 0.5) is 0 Å². The predicted molar refractivity (Wildman–Crippen MR) is 76.7 cm³/mol. The third-order valence-electron chi connectivity index (χ3n) is 3.70. The Labute approximate surface area is 108 Å². The van der Waals surface area contributed by atoms with Crippen molar-refractivity contribution in [1.82, 2.24) is 0 Å². The summed E-state index contributed by atoms with van der Waals surface area (Å²) in [7, 11) is -1.81. The van der Waals surface area contributed by atoms with Crippen molar-refractivity contribution in [2.45, 2.75) is 65.3 Å². The molecule has 0 saturated heterocycles. The summed E-state index contributed by atoms with van der Waals surface area (Å²) in [5, 5.41) is 0.170. The molecule has 0 aromatic carbocycles. The van der Waals surface area contributed by atoms with Gasteiger partial charge < -0.3 is 4.43 Å². The summed E-state index contributed by atoms with van der Waals surface area (Å²) in [6.45, 7) is 18.6. The summed E-state index contributed by atoms with van der Waals surface area (Å²) in [6, 6.07) is 0. The minimum Gasteiger partial charge on any atom is -0.413 e. The van der Waals surface area contributed by atoms with Crippen LogP contribution >= 0.6 is 0 Å². The molecule has 0 aliphatic heterocycles. The van der Waals surface area contributed by atoms with Crippen molar-refractivity contribution in [3.8, 4) is 0 Å². The molecule has 0 aliphatic rings. The molecule has 3 heteroatoms. The van der Waals surface area contributed by atoms with Crippen LogP contribution in [-0.4, -0.2) is 20.2 Å². The van der Waals surface area contributed by atoms with Gasteiger partial charge in [-0.3, -0.25) is 4.79 Å². The fraction of sp³-hybridized carbons (Fsp3) is 0.786. The molecule has 0 spiro atoms. The van der Waals surface area contributed by atoms with Crippen molar-refractivity contribution in [3.05, 3.63) is 12.7 Å². The molecular weight excluding hydrogens is 228 g/mol. The molecule has 17 heavy (non-hydrogen) atoms. The molecule has 0 aromatic heterocycles. The number of hydrogen-bond acceptors (Lipinski definition) is 2. The van der Waals surface area contributed by atoms with Crippen LogP contribution in [0.1, 0.15) is 41.0 Å². The summed E-state index contributed by atoms with van der Waals surface area (Å²) < 4.78 is 6.31. The molecule has 0 bridgehead atoms. The summed E-state index contributed by atoms with van der Waals surface area (Å²) in [6.07, 6.45) is 2.34. The van der Waals surface area contributed by atoms with Gasteiger partial charge >= 0.3 is 0 Å². The van der Waals surface area contributed by atoms with Crippen LogP contribution in [0.2, 0.25) is 18.1 Å². The quantitative estimate of drug-likeness (QED) is 0.526. The maximum atomic E-state index is 11.3. The van der Waals surface area contributed by atoms with Crippen LogP contribution in [0, 0.1) is 5.92 Å². The zero-order valence-corrected chi connectivity index (χ0v) is 13.5. The average Bonchev–Trinajstić information content (AvgIpc) is 2.12. The maximum absolute atomic E-state index is 11.3. The standard InChI is InChI=1S/C14H28O2Si/c1-9-11(2)13(10-12(3)15)16-17(7,8)14(4,5)6/h9,11,13H,1,10H2,2-8H3/t11-,13+/m0/s1. The van der Waals surface area contributed by atoms with E-state index in [4.69, 9.17) is 4.43 Å². The summed E-state index contributed by atoms with van der Waals surface area (Å²) >= 11 is 0. The average molecular weight is 256 g/mol. The lowest BCUT2D eigenvalue weighted by atomic mass is 10.0. The fourth-order valence-corrected chi connectivity index (χ4v) is 2.73. The van der Waals surface area contributed by atoms with E-state index >= 15 is 0 Å². The third-order valence-corrected chi connectivity index (χ3v) is 8.20. The highest BCUT2D eigenvalue weighted by Crippen LogP contribution is 2.38. The van der Waals surface area contributed by atoms with Gasteiger partial charge in [0.15, 0.2) is 8.32 Å². The Kier molecular flexibility index (Phi) is 5.82. The van der Waals surface area contributed by atoms with E-state index in [1.165, 1.54) is 0 Å². The van der Waals surface area contributed by atoms with Crippen molar-refractivity contribution < 1.29 is 9.22 Å². The molecular formula is C14H28O2Si. The van der Waals surface area contributed by atoms with E-state index in [0.29, 0.717) is 6.42 Å². The van der Waals surface area contributed by atoms with E-state index in [2.05, 4.69) is 47.4 Å². The zero-order valence-electron chi connectivity index (χ0n) is 12.5. The number of hydrogen-bond donors (Lipinski definition) is 0. The zero-order chi connectivity index (χ0) is 13.9.